The molecule has 2 fully saturated rings. The average Bonchev–Trinajstić information content (AvgIpc) is 2.43. The Balaban J connectivity index is 1.58. The SMILES string of the molecule is CN(C)CCOCCNC1CCOC2(CCSCC2)C1. The van der Waals surface area contributed by atoms with Gasteiger partial charge in [0.05, 0.1) is 18.8 Å². The van der Waals surface area contributed by atoms with E-state index in [-0.39, 0.29) is 5.60 Å². The predicted molar refractivity (Wildman–Crippen MR) is 85.6 cm³/mol. The van der Waals surface area contributed by atoms with Crippen molar-refractivity contribution in [3.63, 3.8) is 0 Å². The van der Waals surface area contributed by atoms with Gasteiger partial charge in [0.2, 0.25) is 0 Å². The summed E-state index contributed by atoms with van der Waals surface area (Å²) in [5.41, 5.74) is 0.187. The van der Waals surface area contributed by atoms with Gasteiger partial charge in [0.1, 0.15) is 0 Å². The van der Waals surface area contributed by atoms with Crippen LogP contribution in [0.15, 0.2) is 0 Å². The molecule has 0 amide bonds. The Morgan fingerprint density at radius 1 is 1.30 bits per heavy atom. The van der Waals surface area contributed by atoms with Crippen LogP contribution in [0.4, 0.5) is 0 Å². The van der Waals surface area contributed by atoms with E-state index in [1.807, 2.05) is 0 Å². The summed E-state index contributed by atoms with van der Waals surface area (Å²) in [6.45, 7) is 4.52. The third-order valence-corrected chi connectivity index (χ3v) is 5.24. The molecule has 20 heavy (non-hydrogen) atoms. The molecule has 0 saturated carbocycles. The third kappa shape index (κ3) is 5.53. The first-order valence-corrected chi connectivity index (χ1v) is 9.03. The fourth-order valence-electron chi connectivity index (χ4n) is 2.98. The van der Waals surface area contributed by atoms with Crippen molar-refractivity contribution in [2.45, 2.75) is 37.3 Å². The number of ether oxygens (including phenoxy) is 2. The molecule has 2 heterocycles. The van der Waals surface area contributed by atoms with Crippen molar-refractivity contribution in [1.29, 1.82) is 0 Å². The molecule has 0 radical (unpaired) electrons. The predicted octanol–water partition coefficient (Wildman–Crippen LogP) is 1.60. The molecule has 0 aliphatic carbocycles. The van der Waals surface area contributed by atoms with Gasteiger partial charge >= 0.3 is 0 Å². The van der Waals surface area contributed by atoms with E-state index in [1.165, 1.54) is 30.8 Å². The monoisotopic (exact) mass is 302 g/mol. The highest BCUT2D eigenvalue weighted by Gasteiger charge is 2.38. The van der Waals surface area contributed by atoms with E-state index in [2.05, 4.69) is 36.1 Å². The van der Waals surface area contributed by atoms with E-state index in [4.69, 9.17) is 9.47 Å². The summed E-state index contributed by atoms with van der Waals surface area (Å²) in [4.78, 5) is 2.15. The van der Waals surface area contributed by atoms with Crippen LogP contribution in [-0.2, 0) is 9.47 Å². The van der Waals surface area contributed by atoms with Crippen LogP contribution in [-0.4, -0.2) is 75.1 Å². The van der Waals surface area contributed by atoms with Gasteiger partial charge in [0.25, 0.3) is 0 Å². The standard InChI is InChI=1S/C15H30N2O2S/c1-17(2)7-10-18-9-6-16-14-3-8-19-15(13-14)4-11-20-12-5-15/h14,16H,3-13H2,1-2H3. The van der Waals surface area contributed by atoms with Crippen molar-refractivity contribution in [1.82, 2.24) is 10.2 Å². The zero-order valence-electron chi connectivity index (χ0n) is 13.0. The van der Waals surface area contributed by atoms with E-state index in [9.17, 15) is 0 Å². The Hall–Kier alpha value is 0.190. The number of nitrogens with one attached hydrogen (secondary N) is 1. The maximum absolute atomic E-state index is 6.12. The van der Waals surface area contributed by atoms with Crippen LogP contribution in [0.5, 0.6) is 0 Å². The van der Waals surface area contributed by atoms with Crippen LogP contribution in [0, 0.1) is 0 Å². The van der Waals surface area contributed by atoms with Crippen molar-refractivity contribution in [3.8, 4) is 0 Å². The highest BCUT2D eigenvalue weighted by atomic mass is 32.2. The molecule has 2 aliphatic rings. The van der Waals surface area contributed by atoms with Crippen LogP contribution in [0.3, 0.4) is 0 Å². The number of hydrogen-bond donors (Lipinski definition) is 1. The molecule has 1 unspecified atom stereocenters. The molecule has 0 aromatic rings. The highest BCUT2D eigenvalue weighted by Crippen LogP contribution is 2.37. The first kappa shape index (κ1) is 16.6. The van der Waals surface area contributed by atoms with Crippen LogP contribution in [0.25, 0.3) is 0 Å². The topological polar surface area (TPSA) is 33.7 Å². The van der Waals surface area contributed by atoms with Crippen LogP contribution in [0.1, 0.15) is 25.7 Å². The molecule has 5 heteroatoms. The number of nitrogens with zero attached hydrogens (tertiary/aromatic N) is 1. The summed E-state index contributed by atoms with van der Waals surface area (Å²) in [6.07, 6.45) is 4.79. The van der Waals surface area contributed by atoms with Crippen molar-refractivity contribution in [2.75, 3.05) is 58.5 Å². The lowest BCUT2D eigenvalue weighted by molar-refractivity contribution is -0.0935. The number of thioether (sulfide) groups is 1. The fraction of sp³-hybridized carbons (Fsp3) is 1.00. The molecule has 2 rings (SSSR count). The molecule has 118 valence electrons. The summed E-state index contributed by atoms with van der Waals surface area (Å²) in [5.74, 6) is 2.53. The van der Waals surface area contributed by atoms with Gasteiger partial charge < -0.3 is 19.7 Å². The summed E-state index contributed by atoms with van der Waals surface area (Å²) < 4.78 is 11.8. The van der Waals surface area contributed by atoms with Gasteiger partial charge in [0, 0.05) is 25.7 Å². The van der Waals surface area contributed by atoms with Crippen molar-refractivity contribution in [3.05, 3.63) is 0 Å². The molecule has 2 saturated heterocycles. The van der Waals surface area contributed by atoms with Crippen molar-refractivity contribution in [2.24, 2.45) is 0 Å². The van der Waals surface area contributed by atoms with E-state index in [0.29, 0.717) is 6.04 Å². The summed E-state index contributed by atoms with van der Waals surface area (Å²) in [5, 5.41) is 3.66. The van der Waals surface area contributed by atoms with Crippen LogP contribution in [0.2, 0.25) is 0 Å². The molecule has 0 aromatic carbocycles. The Bertz CT molecular complexity index is 265. The largest absolute Gasteiger partial charge is 0.379 e. The van der Waals surface area contributed by atoms with E-state index >= 15 is 0 Å². The Kier molecular flexibility index (Phi) is 7.11. The molecule has 1 spiro atoms. The molecular formula is C15H30N2O2S. The normalized spacial score (nSPS) is 26.2. The van der Waals surface area contributed by atoms with Crippen molar-refractivity contribution >= 4 is 11.8 Å². The lowest BCUT2D eigenvalue weighted by Crippen LogP contribution is -2.49. The fourth-order valence-corrected chi connectivity index (χ4v) is 4.22. The van der Waals surface area contributed by atoms with Crippen LogP contribution < -0.4 is 5.32 Å². The first-order valence-electron chi connectivity index (χ1n) is 7.88. The second kappa shape index (κ2) is 8.59. The van der Waals surface area contributed by atoms with Gasteiger partial charge in [-0.25, -0.2) is 0 Å². The van der Waals surface area contributed by atoms with E-state index in [0.717, 1.165) is 39.3 Å². The van der Waals surface area contributed by atoms with Crippen molar-refractivity contribution < 1.29 is 9.47 Å². The van der Waals surface area contributed by atoms with Gasteiger partial charge in [-0.05, 0) is 51.3 Å². The number of likely N-dealkylation sites (N-methyl/N-ethyl adjacent to an activating group) is 1. The highest BCUT2D eigenvalue weighted by molar-refractivity contribution is 7.99. The molecule has 1 N–H and O–H groups in total. The third-order valence-electron chi connectivity index (χ3n) is 4.26. The lowest BCUT2D eigenvalue weighted by Gasteiger charge is -2.43. The van der Waals surface area contributed by atoms with Gasteiger partial charge in [-0.2, -0.15) is 11.8 Å². The minimum absolute atomic E-state index is 0.187. The maximum Gasteiger partial charge on any atom is 0.0713 e. The molecule has 0 bridgehead atoms. The quantitative estimate of drug-likeness (QED) is 0.723. The molecule has 1 atom stereocenters. The average molecular weight is 302 g/mol. The Morgan fingerprint density at radius 2 is 2.10 bits per heavy atom. The summed E-state index contributed by atoms with van der Waals surface area (Å²) >= 11 is 2.07. The van der Waals surface area contributed by atoms with Crippen LogP contribution >= 0.6 is 11.8 Å². The minimum atomic E-state index is 0.187. The number of rotatable bonds is 7. The second-order valence-corrected chi connectivity index (χ2v) is 7.43. The maximum atomic E-state index is 6.12. The lowest BCUT2D eigenvalue weighted by atomic mass is 9.85. The van der Waals surface area contributed by atoms with Gasteiger partial charge in [-0.3, -0.25) is 0 Å². The molecule has 4 nitrogen and oxygen atoms in total. The Labute approximate surface area is 127 Å². The zero-order chi connectivity index (χ0) is 14.3. The second-order valence-electron chi connectivity index (χ2n) is 6.20. The van der Waals surface area contributed by atoms with Gasteiger partial charge in [-0.15, -0.1) is 0 Å². The van der Waals surface area contributed by atoms with Gasteiger partial charge in [-0.1, -0.05) is 0 Å². The first-order chi connectivity index (χ1) is 9.70. The number of hydrogen-bond acceptors (Lipinski definition) is 5. The molecule has 0 aromatic heterocycles. The smallest absolute Gasteiger partial charge is 0.0713 e. The Morgan fingerprint density at radius 3 is 2.85 bits per heavy atom. The van der Waals surface area contributed by atoms with E-state index < -0.39 is 0 Å². The summed E-state index contributed by atoms with van der Waals surface area (Å²) in [7, 11) is 4.15. The van der Waals surface area contributed by atoms with Gasteiger partial charge in [0.15, 0.2) is 0 Å². The molecule has 2 aliphatic heterocycles. The summed E-state index contributed by atoms with van der Waals surface area (Å²) in [6, 6.07) is 0.615. The zero-order valence-corrected chi connectivity index (χ0v) is 13.8. The van der Waals surface area contributed by atoms with E-state index in [1.54, 1.807) is 0 Å². The molecular weight excluding hydrogens is 272 g/mol. The minimum Gasteiger partial charge on any atom is -0.379 e.